The SMILES string of the molecule is Cc1nc2sccn2c1CNCC1Cc2ccccc2O1. The van der Waals surface area contributed by atoms with E-state index < -0.39 is 0 Å². The molecular formula is C16H17N3OS. The Bertz CT molecular complexity index is 752. The smallest absolute Gasteiger partial charge is 0.194 e. The number of benzene rings is 1. The number of aromatic nitrogens is 2. The molecule has 0 radical (unpaired) electrons. The van der Waals surface area contributed by atoms with E-state index in [1.54, 1.807) is 11.3 Å². The van der Waals surface area contributed by atoms with Gasteiger partial charge in [-0.05, 0) is 18.6 Å². The summed E-state index contributed by atoms with van der Waals surface area (Å²) in [6, 6.07) is 8.29. The first kappa shape index (κ1) is 12.9. The molecule has 1 N–H and O–H groups in total. The van der Waals surface area contributed by atoms with Crippen LogP contribution in [0.2, 0.25) is 0 Å². The molecule has 4 rings (SSSR count). The van der Waals surface area contributed by atoms with E-state index in [9.17, 15) is 0 Å². The van der Waals surface area contributed by atoms with Gasteiger partial charge in [0.1, 0.15) is 11.9 Å². The summed E-state index contributed by atoms with van der Waals surface area (Å²) in [6.45, 7) is 3.74. The van der Waals surface area contributed by atoms with Crippen LogP contribution in [0, 0.1) is 6.92 Å². The molecule has 1 unspecified atom stereocenters. The molecule has 3 aromatic rings. The van der Waals surface area contributed by atoms with Gasteiger partial charge in [0.2, 0.25) is 0 Å². The Kier molecular flexibility index (Phi) is 3.16. The molecule has 1 aliphatic rings. The van der Waals surface area contributed by atoms with E-state index in [4.69, 9.17) is 4.74 Å². The summed E-state index contributed by atoms with van der Waals surface area (Å²) in [5.74, 6) is 1.03. The van der Waals surface area contributed by atoms with Gasteiger partial charge in [-0.3, -0.25) is 4.40 Å². The van der Waals surface area contributed by atoms with Crippen molar-refractivity contribution in [2.45, 2.75) is 26.0 Å². The molecule has 3 heterocycles. The van der Waals surface area contributed by atoms with Crippen molar-refractivity contribution in [2.75, 3.05) is 6.54 Å². The van der Waals surface area contributed by atoms with E-state index in [2.05, 4.69) is 45.3 Å². The zero-order chi connectivity index (χ0) is 14.2. The summed E-state index contributed by atoms with van der Waals surface area (Å²) in [5, 5.41) is 5.58. The maximum atomic E-state index is 5.95. The van der Waals surface area contributed by atoms with Gasteiger partial charge in [0.25, 0.3) is 0 Å². The average molecular weight is 299 g/mol. The van der Waals surface area contributed by atoms with Crippen LogP contribution in [0.3, 0.4) is 0 Å². The van der Waals surface area contributed by atoms with Crippen molar-refractivity contribution in [1.29, 1.82) is 0 Å². The predicted molar refractivity (Wildman–Crippen MR) is 84.1 cm³/mol. The summed E-state index contributed by atoms with van der Waals surface area (Å²) in [6.07, 6.45) is 3.30. The minimum Gasteiger partial charge on any atom is -0.488 e. The first-order chi connectivity index (χ1) is 10.3. The zero-order valence-corrected chi connectivity index (χ0v) is 12.7. The Morgan fingerprint density at radius 2 is 2.33 bits per heavy atom. The topological polar surface area (TPSA) is 38.6 Å². The van der Waals surface area contributed by atoms with Crippen LogP contribution in [0.1, 0.15) is 17.0 Å². The van der Waals surface area contributed by atoms with Gasteiger partial charge in [0, 0.05) is 31.1 Å². The van der Waals surface area contributed by atoms with Crippen LogP contribution in [-0.2, 0) is 13.0 Å². The van der Waals surface area contributed by atoms with Crippen LogP contribution in [0.25, 0.3) is 4.96 Å². The van der Waals surface area contributed by atoms with E-state index in [1.807, 2.05) is 12.1 Å². The van der Waals surface area contributed by atoms with Crippen LogP contribution >= 0.6 is 11.3 Å². The molecule has 0 saturated carbocycles. The summed E-state index contributed by atoms with van der Waals surface area (Å²) < 4.78 is 8.11. The molecule has 0 aliphatic carbocycles. The van der Waals surface area contributed by atoms with Crippen molar-refractivity contribution in [3.63, 3.8) is 0 Å². The van der Waals surface area contributed by atoms with E-state index >= 15 is 0 Å². The number of nitrogens with zero attached hydrogens (tertiary/aromatic N) is 2. The fraction of sp³-hybridized carbons (Fsp3) is 0.312. The molecule has 4 nitrogen and oxygen atoms in total. The largest absolute Gasteiger partial charge is 0.488 e. The molecule has 1 aromatic carbocycles. The molecule has 0 spiro atoms. The summed E-state index contributed by atoms with van der Waals surface area (Å²) in [4.78, 5) is 5.63. The molecule has 0 amide bonds. The van der Waals surface area contributed by atoms with Gasteiger partial charge in [-0.25, -0.2) is 4.98 Å². The number of nitrogens with one attached hydrogen (secondary N) is 1. The lowest BCUT2D eigenvalue weighted by molar-refractivity contribution is 0.227. The number of fused-ring (bicyclic) bond motifs is 2. The van der Waals surface area contributed by atoms with Gasteiger partial charge >= 0.3 is 0 Å². The number of hydrogen-bond acceptors (Lipinski definition) is 4. The third-order valence-electron chi connectivity index (χ3n) is 3.94. The van der Waals surface area contributed by atoms with Gasteiger partial charge in [0.05, 0.1) is 11.4 Å². The minimum atomic E-state index is 0.230. The average Bonchev–Trinajstić information content (AvgIpc) is 3.14. The van der Waals surface area contributed by atoms with E-state index in [1.165, 1.54) is 11.3 Å². The first-order valence-electron chi connectivity index (χ1n) is 7.17. The number of para-hydroxylation sites is 1. The van der Waals surface area contributed by atoms with Crippen molar-refractivity contribution >= 4 is 16.3 Å². The summed E-state index contributed by atoms with van der Waals surface area (Å²) in [5.41, 5.74) is 3.65. The molecule has 1 atom stereocenters. The van der Waals surface area contributed by atoms with E-state index in [0.29, 0.717) is 0 Å². The maximum Gasteiger partial charge on any atom is 0.194 e. The number of ether oxygens (including phenoxy) is 1. The quantitative estimate of drug-likeness (QED) is 0.805. The highest BCUT2D eigenvalue weighted by molar-refractivity contribution is 7.15. The second-order valence-corrected chi connectivity index (χ2v) is 6.26. The van der Waals surface area contributed by atoms with Crippen molar-refractivity contribution in [2.24, 2.45) is 0 Å². The first-order valence-corrected chi connectivity index (χ1v) is 8.05. The van der Waals surface area contributed by atoms with E-state index in [0.717, 1.165) is 35.9 Å². The maximum absolute atomic E-state index is 5.95. The fourth-order valence-electron chi connectivity index (χ4n) is 2.87. The zero-order valence-electron chi connectivity index (χ0n) is 11.9. The Balaban J connectivity index is 1.39. The fourth-order valence-corrected chi connectivity index (χ4v) is 3.65. The molecule has 108 valence electrons. The lowest BCUT2D eigenvalue weighted by Gasteiger charge is -2.12. The second-order valence-electron chi connectivity index (χ2n) is 5.38. The van der Waals surface area contributed by atoms with Crippen molar-refractivity contribution in [3.8, 4) is 5.75 Å². The third-order valence-corrected chi connectivity index (χ3v) is 4.70. The normalized spacial score (nSPS) is 17.1. The van der Waals surface area contributed by atoms with Crippen molar-refractivity contribution < 1.29 is 4.74 Å². The predicted octanol–water partition coefficient (Wildman–Crippen LogP) is 2.80. The van der Waals surface area contributed by atoms with Crippen molar-refractivity contribution in [1.82, 2.24) is 14.7 Å². The lowest BCUT2D eigenvalue weighted by atomic mass is 10.1. The number of hydrogen-bond donors (Lipinski definition) is 1. The second kappa shape index (κ2) is 5.16. The molecule has 0 fully saturated rings. The van der Waals surface area contributed by atoms with Gasteiger partial charge in [0.15, 0.2) is 4.96 Å². The van der Waals surface area contributed by atoms with Crippen LogP contribution in [0.4, 0.5) is 0 Å². The third kappa shape index (κ3) is 2.32. The molecule has 0 bridgehead atoms. The van der Waals surface area contributed by atoms with Crippen LogP contribution < -0.4 is 10.1 Å². The molecule has 5 heteroatoms. The van der Waals surface area contributed by atoms with Crippen LogP contribution in [-0.4, -0.2) is 22.0 Å². The van der Waals surface area contributed by atoms with Gasteiger partial charge < -0.3 is 10.1 Å². The van der Waals surface area contributed by atoms with Gasteiger partial charge in [-0.2, -0.15) is 0 Å². The van der Waals surface area contributed by atoms with Gasteiger partial charge in [-0.15, -0.1) is 11.3 Å². The summed E-state index contributed by atoms with van der Waals surface area (Å²) >= 11 is 1.67. The molecule has 21 heavy (non-hydrogen) atoms. The minimum absolute atomic E-state index is 0.230. The highest BCUT2D eigenvalue weighted by atomic mass is 32.1. The summed E-state index contributed by atoms with van der Waals surface area (Å²) in [7, 11) is 0. The monoisotopic (exact) mass is 299 g/mol. The van der Waals surface area contributed by atoms with Gasteiger partial charge in [-0.1, -0.05) is 18.2 Å². The molecule has 1 aliphatic heterocycles. The molecule has 2 aromatic heterocycles. The Morgan fingerprint density at radius 1 is 1.43 bits per heavy atom. The Hall–Kier alpha value is -1.85. The number of aryl methyl sites for hydroxylation is 1. The standard InChI is InChI=1S/C16H17N3OS/c1-11-14(19-6-7-21-16(19)18-11)10-17-9-13-8-12-4-2-3-5-15(12)20-13/h2-7,13,17H,8-10H2,1H3. The Morgan fingerprint density at radius 3 is 3.24 bits per heavy atom. The van der Waals surface area contributed by atoms with E-state index in [-0.39, 0.29) is 6.10 Å². The number of thiazole rings is 1. The van der Waals surface area contributed by atoms with Crippen molar-refractivity contribution in [3.05, 3.63) is 52.8 Å². The van der Waals surface area contributed by atoms with Crippen LogP contribution in [0.15, 0.2) is 35.8 Å². The highest BCUT2D eigenvalue weighted by Gasteiger charge is 2.21. The number of imidazole rings is 1. The lowest BCUT2D eigenvalue weighted by Crippen LogP contribution is -2.30. The number of rotatable bonds is 4. The molecule has 0 saturated heterocycles. The molecular weight excluding hydrogens is 282 g/mol. The Labute approximate surface area is 127 Å². The van der Waals surface area contributed by atoms with Crippen LogP contribution in [0.5, 0.6) is 5.75 Å². The highest BCUT2D eigenvalue weighted by Crippen LogP contribution is 2.27.